The molecule has 0 spiro atoms. The largest absolute Gasteiger partial charge is 0.495 e. The Bertz CT molecular complexity index is 1070. The lowest BCUT2D eigenvalue weighted by Crippen LogP contribution is -2.60. The maximum atomic E-state index is 14.2. The Morgan fingerprint density at radius 2 is 1.70 bits per heavy atom. The summed E-state index contributed by atoms with van der Waals surface area (Å²) in [5.74, 6) is -0.0758. The summed E-state index contributed by atoms with van der Waals surface area (Å²) in [7, 11) is -4.62. The number of pyridine rings is 1. The number of nitrogens with zero attached hydrogens (tertiary/aromatic N) is 3. The number of rotatable bonds is 8. The summed E-state index contributed by atoms with van der Waals surface area (Å²) in [5, 5.41) is 0. The summed E-state index contributed by atoms with van der Waals surface area (Å²) in [6.07, 6.45) is -3.13. The monoisotopic (exact) mass is 549 g/mol. The molecule has 0 aliphatic carbocycles. The normalized spacial score (nSPS) is 22.9. The van der Waals surface area contributed by atoms with Crippen LogP contribution >= 0.6 is 0 Å². The number of alkyl halides is 3. The third-order valence-corrected chi connectivity index (χ3v) is 9.19. The van der Waals surface area contributed by atoms with Crippen molar-refractivity contribution in [2.45, 2.75) is 97.3 Å². The highest BCUT2D eigenvalue weighted by molar-refractivity contribution is 7.89. The van der Waals surface area contributed by atoms with Crippen molar-refractivity contribution in [1.29, 1.82) is 0 Å². The van der Waals surface area contributed by atoms with E-state index in [0.29, 0.717) is 11.9 Å². The molecule has 210 valence electrons. The van der Waals surface area contributed by atoms with E-state index in [1.165, 1.54) is 13.0 Å². The molecule has 0 N–H and O–H groups in total. The maximum absolute atomic E-state index is 14.2. The Morgan fingerprint density at radius 1 is 1.11 bits per heavy atom. The maximum Gasteiger partial charge on any atom is 0.495 e. The Kier molecular flexibility index (Phi) is 8.27. The molecule has 0 aromatic carbocycles. The Hall–Kier alpha value is -1.57. The van der Waals surface area contributed by atoms with Crippen LogP contribution in [0, 0.1) is 0 Å². The van der Waals surface area contributed by atoms with Crippen molar-refractivity contribution in [3.8, 4) is 5.88 Å². The minimum Gasteiger partial charge on any atom is -0.472 e. The van der Waals surface area contributed by atoms with E-state index >= 15 is 0 Å². The van der Waals surface area contributed by atoms with E-state index in [1.807, 2.05) is 48.5 Å². The fourth-order valence-corrected chi connectivity index (χ4v) is 5.60. The zero-order valence-electron chi connectivity index (χ0n) is 23.0. The summed E-state index contributed by atoms with van der Waals surface area (Å²) in [5.41, 5.74) is -1.43. The van der Waals surface area contributed by atoms with Gasteiger partial charge < -0.3 is 18.9 Å². The predicted octanol–water partition coefficient (Wildman–Crippen LogP) is 3.74. The highest BCUT2D eigenvalue weighted by atomic mass is 32.2. The third-order valence-electron chi connectivity index (χ3n) is 7.34. The summed E-state index contributed by atoms with van der Waals surface area (Å²) in [6.45, 7) is 13.8. The Morgan fingerprint density at radius 3 is 2.22 bits per heavy atom. The van der Waals surface area contributed by atoms with Crippen molar-refractivity contribution in [3.63, 3.8) is 0 Å². The minimum atomic E-state index is -4.69. The number of aromatic nitrogens is 1. The van der Waals surface area contributed by atoms with Crippen LogP contribution in [-0.2, 0) is 19.3 Å². The summed E-state index contributed by atoms with van der Waals surface area (Å²) in [4.78, 5) is 5.57. The van der Waals surface area contributed by atoms with Crippen LogP contribution < -0.4 is 15.1 Å². The summed E-state index contributed by atoms with van der Waals surface area (Å²) < 4.78 is 86.9. The highest BCUT2D eigenvalue weighted by Crippen LogP contribution is 2.38. The van der Waals surface area contributed by atoms with Crippen LogP contribution in [0.1, 0.15) is 68.2 Å². The number of hydrogen-bond donors (Lipinski definition) is 0. The molecule has 1 aromatic heterocycles. The second-order valence-electron chi connectivity index (χ2n) is 11.3. The number of ether oxygens (including phenoxy) is 1. The van der Waals surface area contributed by atoms with Crippen molar-refractivity contribution in [2.75, 3.05) is 30.3 Å². The van der Waals surface area contributed by atoms with Crippen LogP contribution in [0.15, 0.2) is 12.1 Å². The molecule has 2 aliphatic heterocycles. The van der Waals surface area contributed by atoms with Gasteiger partial charge in [-0.3, -0.25) is 0 Å². The third kappa shape index (κ3) is 6.54. The van der Waals surface area contributed by atoms with Crippen LogP contribution in [0.4, 0.5) is 19.0 Å². The molecule has 1 atom stereocenters. The van der Waals surface area contributed by atoms with Gasteiger partial charge >= 0.3 is 13.3 Å². The molecule has 8 nitrogen and oxygen atoms in total. The van der Waals surface area contributed by atoms with E-state index < -0.39 is 52.7 Å². The average molecular weight is 549 g/mol. The van der Waals surface area contributed by atoms with Gasteiger partial charge in [-0.15, -0.1) is 0 Å². The second kappa shape index (κ2) is 10.2. The number of sulfonamides is 1. The zero-order chi connectivity index (χ0) is 28.0. The van der Waals surface area contributed by atoms with E-state index in [1.54, 1.807) is 6.07 Å². The first-order valence-electron chi connectivity index (χ1n) is 12.7. The fourth-order valence-electron chi connectivity index (χ4n) is 4.51. The number of hydrogen-bond acceptors (Lipinski definition) is 7. The van der Waals surface area contributed by atoms with Gasteiger partial charge in [-0.2, -0.15) is 22.5 Å². The van der Waals surface area contributed by atoms with Crippen molar-refractivity contribution in [3.05, 3.63) is 12.1 Å². The van der Waals surface area contributed by atoms with Gasteiger partial charge in [0.25, 0.3) is 0 Å². The molecule has 3 heterocycles. The quantitative estimate of drug-likeness (QED) is 0.457. The van der Waals surface area contributed by atoms with Crippen molar-refractivity contribution >= 4 is 28.4 Å². The molecule has 2 fully saturated rings. The highest BCUT2D eigenvalue weighted by Gasteiger charge is 2.53. The Balaban J connectivity index is 2.06. The molecular weight excluding hydrogens is 510 g/mol. The molecule has 0 amide bonds. The second-order valence-corrected chi connectivity index (χ2v) is 13.6. The first-order valence-corrected chi connectivity index (χ1v) is 14.3. The molecular formula is C24H39BF3N3O5S. The number of piperazine rings is 1. The first-order chi connectivity index (χ1) is 16.8. The predicted molar refractivity (Wildman–Crippen MR) is 138 cm³/mol. The van der Waals surface area contributed by atoms with Gasteiger partial charge in [0.05, 0.1) is 17.0 Å². The summed E-state index contributed by atoms with van der Waals surface area (Å²) >= 11 is 0. The molecule has 0 bridgehead atoms. The van der Waals surface area contributed by atoms with Gasteiger partial charge in [0.2, 0.25) is 15.9 Å². The number of halogens is 3. The Labute approximate surface area is 219 Å². The van der Waals surface area contributed by atoms with Crippen molar-refractivity contribution in [2.24, 2.45) is 0 Å². The molecule has 3 rings (SSSR count). The van der Waals surface area contributed by atoms with Crippen LogP contribution in [-0.4, -0.2) is 79.2 Å². The van der Waals surface area contributed by atoms with Gasteiger partial charge in [0.1, 0.15) is 17.5 Å². The van der Waals surface area contributed by atoms with E-state index in [0.717, 1.165) is 15.6 Å². The molecule has 37 heavy (non-hydrogen) atoms. The fraction of sp³-hybridized carbons (Fsp3) is 0.792. The van der Waals surface area contributed by atoms with Crippen molar-refractivity contribution < 1.29 is 35.6 Å². The van der Waals surface area contributed by atoms with Crippen LogP contribution in [0.25, 0.3) is 0 Å². The van der Waals surface area contributed by atoms with E-state index in [2.05, 4.69) is 4.98 Å². The molecule has 1 aromatic rings. The van der Waals surface area contributed by atoms with Crippen LogP contribution in [0.3, 0.4) is 0 Å². The SMILES string of the molecule is CCCC(C)(C)Oc1cc(B2OC(C)(C)C(C)(C)O2)cc(N2CCN(S(=O)(=O)CC)CC2C(F)(F)F)n1. The zero-order valence-corrected chi connectivity index (χ0v) is 23.8. The van der Waals surface area contributed by atoms with E-state index in [4.69, 9.17) is 14.0 Å². The number of anilines is 1. The molecule has 2 aliphatic rings. The molecule has 0 radical (unpaired) electrons. The first kappa shape index (κ1) is 30.0. The lowest BCUT2D eigenvalue weighted by atomic mass is 9.79. The molecule has 1 unspecified atom stereocenters. The van der Waals surface area contributed by atoms with Gasteiger partial charge in [-0.25, -0.2) is 8.42 Å². The summed E-state index contributed by atoms with van der Waals surface area (Å²) in [6, 6.07) is 1.09. The van der Waals surface area contributed by atoms with Gasteiger partial charge in [0, 0.05) is 25.7 Å². The van der Waals surface area contributed by atoms with Crippen LogP contribution in [0.5, 0.6) is 5.88 Å². The lowest BCUT2D eigenvalue weighted by Gasteiger charge is -2.42. The van der Waals surface area contributed by atoms with E-state index in [-0.39, 0.29) is 30.5 Å². The van der Waals surface area contributed by atoms with Crippen LogP contribution in [0.2, 0.25) is 0 Å². The lowest BCUT2D eigenvalue weighted by molar-refractivity contribution is -0.153. The minimum absolute atomic E-state index is 0.0328. The average Bonchev–Trinajstić information content (AvgIpc) is 2.99. The standard InChI is InChI=1S/C24H39BF3N3O5S/c1-9-11-21(3,4)34-20-15-17(25-35-22(5,6)23(7,8)36-25)14-19(29-20)31-13-12-30(37(32,33)10-2)16-18(31)24(26,27)28/h14-15,18H,9-13,16H2,1-8H3. The van der Waals surface area contributed by atoms with Gasteiger partial charge in [0.15, 0.2) is 0 Å². The van der Waals surface area contributed by atoms with Gasteiger partial charge in [-0.1, -0.05) is 13.3 Å². The molecule has 13 heteroatoms. The topological polar surface area (TPSA) is 81.2 Å². The molecule has 0 saturated carbocycles. The van der Waals surface area contributed by atoms with E-state index in [9.17, 15) is 21.6 Å². The molecule has 2 saturated heterocycles. The smallest absolute Gasteiger partial charge is 0.472 e. The van der Waals surface area contributed by atoms with Gasteiger partial charge in [-0.05, 0) is 66.4 Å². The van der Waals surface area contributed by atoms with Crippen molar-refractivity contribution in [1.82, 2.24) is 9.29 Å².